The number of carboxylic acid groups (broad SMARTS) is 1. The molecule has 0 aromatic rings. The molecule has 0 saturated carbocycles. The third kappa shape index (κ3) is 3.50. The van der Waals surface area contributed by atoms with Gasteiger partial charge in [0.15, 0.2) is 0 Å². The lowest BCUT2D eigenvalue weighted by Crippen LogP contribution is -2.48. The van der Waals surface area contributed by atoms with E-state index in [4.69, 9.17) is 5.11 Å². The summed E-state index contributed by atoms with van der Waals surface area (Å²) in [5, 5.41) is 8.81. The van der Waals surface area contributed by atoms with Crippen LogP contribution in [0.4, 0.5) is 18.0 Å². The van der Waals surface area contributed by atoms with Crippen LogP contribution in [0.15, 0.2) is 0 Å². The van der Waals surface area contributed by atoms with Crippen molar-refractivity contribution in [3.63, 3.8) is 0 Å². The molecule has 1 saturated heterocycles. The van der Waals surface area contributed by atoms with Crippen LogP contribution in [0, 0.1) is 0 Å². The zero-order chi connectivity index (χ0) is 13.2. The Bertz CT molecular complexity index is 319. The minimum absolute atomic E-state index is 0.179. The van der Waals surface area contributed by atoms with Crippen molar-refractivity contribution in [1.82, 2.24) is 9.80 Å². The molecule has 1 aliphatic rings. The lowest BCUT2D eigenvalue weighted by atomic mass is 10.2. The quantitative estimate of drug-likeness (QED) is 0.804. The van der Waals surface area contributed by atoms with E-state index in [2.05, 4.69) is 0 Å². The van der Waals surface area contributed by atoms with Gasteiger partial charge in [-0.2, -0.15) is 13.2 Å². The highest BCUT2D eigenvalue weighted by molar-refractivity contribution is 5.83. The zero-order valence-electron chi connectivity index (χ0n) is 9.20. The number of likely N-dealkylation sites (tertiary alicyclic amines) is 1. The molecule has 2 amide bonds. The van der Waals surface area contributed by atoms with E-state index in [9.17, 15) is 22.8 Å². The fourth-order valence-electron chi connectivity index (χ4n) is 1.81. The first kappa shape index (κ1) is 13.6. The third-order valence-corrected chi connectivity index (χ3v) is 2.53. The second-order valence-corrected chi connectivity index (χ2v) is 3.94. The third-order valence-electron chi connectivity index (χ3n) is 2.53. The van der Waals surface area contributed by atoms with E-state index < -0.39 is 30.8 Å². The number of carbonyl (C=O) groups excluding carboxylic acids is 1. The van der Waals surface area contributed by atoms with E-state index in [1.807, 2.05) is 0 Å². The van der Waals surface area contributed by atoms with Gasteiger partial charge in [0.05, 0.1) is 0 Å². The number of rotatable bonds is 2. The van der Waals surface area contributed by atoms with Gasteiger partial charge in [0.2, 0.25) is 0 Å². The van der Waals surface area contributed by atoms with Crippen LogP contribution in [0.25, 0.3) is 0 Å². The molecular weight excluding hydrogens is 241 g/mol. The Morgan fingerprint density at radius 2 is 2.06 bits per heavy atom. The molecule has 17 heavy (non-hydrogen) atoms. The Kier molecular flexibility index (Phi) is 3.84. The van der Waals surface area contributed by atoms with Gasteiger partial charge in [-0.25, -0.2) is 9.59 Å². The molecule has 1 rings (SSSR count). The molecule has 0 aromatic carbocycles. The van der Waals surface area contributed by atoms with Crippen molar-refractivity contribution in [3.05, 3.63) is 0 Å². The van der Waals surface area contributed by atoms with Crippen molar-refractivity contribution in [2.24, 2.45) is 0 Å². The monoisotopic (exact) mass is 254 g/mol. The Hall–Kier alpha value is -1.47. The van der Waals surface area contributed by atoms with Crippen molar-refractivity contribution in [2.75, 3.05) is 20.1 Å². The largest absolute Gasteiger partial charge is 0.480 e. The zero-order valence-corrected chi connectivity index (χ0v) is 9.20. The van der Waals surface area contributed by atoms with Crippen molar-refractivity contribution < 1.29 is 27.9 Å². The molecule has 1 aliphatic heterocycles. The fourth-order valence-corrected chi connectivity index (χ4v) is 1.81. The van der Waals surface area contributed by atoms with E-state index in [1.54, 1.807) is 0 Å². The van der Waals surface area contributed by atoms with Crippen LogP contribution in [0.1, 0.15) is 12.8 Å². The lowest BCUT2D eigenvalue weighted by Gasteiger charge is -2.28. The summed E-state index contributed by atoms with van der Waals surface area (Å²) >= 11 is 0. The van der Waals surface area contributed by atoms with Crippen molar-refractivity contribution in [1.29, 1.82) is 0 Å². The van der Waals surface area contributed by atoms with Gasteiger partial charge in [-0.05, 0) is 12.8 Å². The maximum atomic E-state index is 12.1. The molecule has 8 heteroatoms. The number of urea groups is 1. The number of carboxylic acids is 1. The second-order valence-electron chi connectivity index (χ2n) is 3.94. The summed E-state index contributed by atoms with van der Waals surface area (Å²) in [6.07, 6.45) is -3.72. The molecule has 0 aromatic heterocycles. The summed E-state index contributed by atoms with van der Waals surface area (Å²) in [4.78, 5) is 23.9. The standard InChI is InChI=1S/C9H13F3N2O3/c1-13(5-9(10,11)12)8(17)14-4-2-3-6(14)7(15)16/h6H,2-5H2,1H3,(H,15,16)/t6-/m1/s1. The van der Waals surface area contributed by atoms with Gasteiger partial charge in [-0.3, -0.25) is 0 Å². The Balaban J connectivity index is 2.66. The highest BCUT2D eigenvalue weighted by Crippen LogP contribution is 2.21. The number of halogens is 3. The average Bonchev–Trinajstić information content (AvgIpc) is 2.61. The normalized spacial score (nSPS) is 20.5. The maximum absolute atomic E-state index is 12.1. The molecule has 1 N–H and O–H groups in total. The van der Waals surface area contributed by atoms with Crippen LogP contribution in [0.5, 0.6) is 0 Å². The topological polar surface area (TPSA) is 60.9 Å². The van der Waals surface area contributed by atoms with Crippen molar-refractivity contribution >= 4 is 12.0 Å². The van der Waals surface area contributed by atoms with E-state index in [0.717, 1.165) is 11.9 Å². The number of amides is 2. The van der Waals surface area contributed by atoms with E-state index in [0.29, 0.717) is 11.3 Å². The number of hydrogen-bond acceptors (Lipinski definition) is 2. The second kappa shape index (κ2) is 4.80. The van der Waals surface area contributed by atoms with Gasteiger partial charge in [-0.15, -0.1) is 0 Å². The van der Waals surface area contributed by atoms with Crippen LogP contribution in [0.2, 0.25) is 0 Å². The first-order valence-corrected chi connectivity index (χ1v) is 5.03. The Morgan fingerprint density at radius 3 is 2.53 bits per heavy atom. The Morgan fingerprint density at radius 1 is 1.47 bits per heavy atom. The molecule has 0 spiro atoms. The highest BCUT2D eigenvalue weighted by atomic mass is 19.4. The first-order valence-electron chi connectivity index (χ1n) is 5.03. The number of hydrogen-bond donors (Lipinski definition) is 1. The fraction of sp³-hybridized carbons (Fsp3) is 0.778. The molecular formula is C9H13F3N2O3. The summed E-state index contributed by atoms with van der Waals surface area (Å²) in [5.74, 6) is -1.18. The van der Waals surface area contributed by atoms with Gasteiger partial charge in [0.1, 0.15) is 12.6 Å². The van der Waals surface area contributed by atoms with E-state index >= 15 is 0 Å². The van der Waals surface area contributed by atoms with E-state index in [1.165, 1.54) is 0 Å². The molecule has 0 bridgehead atoms. The van der Waals surface area contributed by atoms with Crippen LogP contribution in [-0.2, 0) is 4.79 Å². The lowest BCUT2D eigenvalue weighted by molar-refractivity contribution is -0.142. The number of carbonyl (C=O) groups is 2. The molecule has 0 aliphatic carbocycles. The SMILES string of the molecule is CN(CC(F)(F)F)C(=O)N1CCC[C@@H]1C(=O)O. The minimum Gasteiger partial charge on any atom is -0.480 e. The summed E-state index contributed by atoms with van der Waals surface area (Å²) in [7, 11) is 1.01. The summed E-state index contributed by atoms with van der Waals surface area (Å²) in [5.41, 5.74) is 0. The first-order chi connectivity index (χ1) is 7.72. The predicted molar refractivity (Wildman–Crippen MR) is 51.4 cm³/mol. The Labute approximate surface area is 95.8 Å². The highest BCUT2D eigenvalue weighted by Gasteiger charge is 2.38. The van der Waals surface area contributed by atoms with Crippen LogP contribution in [-0.4, -0.2) is 59.3 Å². The van der Waals surface area contributed by atoms with Gasteiger partial charge in [0, 0.05) is 13.6 Å². The molecule has 5 nitrogen and oxygen atoms in total. The molecule has 1 atom stereocenters. The summed E-state index contributed by atoms with van der Waals surface area (Å²) in [6, 6.07) is -1.91. The van der Waals surface area contributed by atoms with Gasteiger partial charge >= 0.3 is 18.2 Å². The molecule has 1 heterocycles. The van der Waals surface area contributed by atoms with Crippen molar-refractivity contribution in [2.45, 2.75) is 25.1 Å². The number of aliphatic carboxylic acids is 1. The van der Waals surface area contributed by atoms with Crippen LogP contribution >= 0.6 is 0 Å². The van der Waals surface area contributed by atoms with E-state index in [-0.39, 0.29) is 13.0 Å². The number of alkyl halides is 3. The average molecular weight is 254 g/mol. The number of nitrogens with zero attached hydrogens (tertiary/aromatic N) is 2. The van der Waals surface area contributed by atoms with Crippen LogP contribution in [0.3, 0.4) is 0 Å². The van der Waals surface area contributed by atoms with Crippen LogP contribution < -0.4 is 0 Å². The van der Waals surface area contributed by atoms with Gasteiger partial charge in [-0.1, -0.05) is 0 Å². The smallest absolute Gasteiger partial charge is 0.406 e. The molecule has 98 valence electrons. The molecule has 0 unspecified atom stereocenters. The van der Waals surface area contributed by atoms with Crippen molar-refractivity contribution in [3.8, 4) is 0 Å². The predicted octanol–water partition coefficient (Wildman–Crippen LogP) is 1.15. The summed E-state index contributed by atoms with van der Waals surface area (Å²) < 4.78 is 36.2. The summed E-state index contributed by atoms with van der Waals surface area (Å²) in [6.45, 7) is -1.20. The van der Waals surface area contributed by atoms with Gasteiger partial charge in [0.25, 0.3) is 0 Å². The molecule has 1 fully saturated rings. The minimum atomic E-state index is -4.48. The maximum Gasteiger partial charge on any atom is 0.406 e. The van der Waals surface area contributed by atoms with Gasteiger partial charge < -0.3 is 14.9 Å². The molecule has 0 radical (unpaired) electrons.